The van der Waals surface area contributed by atoms with Crippen molar-refractivity contribution >= 4 is 27.7 Å². The molecule has 1 spiro atoms. The van der Waals surface area contributed by atoms with Crippen molar-refractivity contribution in [2.75, 3.05) is 19.6 Å². The van der Waals surface area contributed by atoms with E-state index in [1.807, 2.05) is 0 Å². The van der Waals surface area contributed by atoms with Gasteiger partial charge in [0.15, 0.2) is 0 Å². The van der Waals surface area contributed by atoms with E-state index in [1.54, 1.807) is 12.1 Å². The maximum atomic E-state index is 15.0. The number of hydrogen-bond acceptors (Lipinski definition) is 3. The van der Waals surface area contributed by atoms with E-state index in [-0.39, 0.29) is 23.7 Å². The van der Waals surface area contributed by atoms with Gasteiger partial charge in [-0.1, -0.05) is 40.6 Å². The monoisotopic (exact) mass is 517 g/mol. The van der Waals surface area contributed by atoms with Crippen molar-refractivity contribution < 1.29 is 14.0 Å². The summed E-state index contributed by atoms with van der Waals surface area (Å²) in [6.07, 6.45) is 10.9. The van der Waals surface area contributed by atoms with Crippen molar-refractivity contribution in [1.29, 1.82) is 0 Å². The van der Waals surface area contributed by atoms with Gasteiger partial charge in [-0.25, -0.2) is 4.39 Å². The highest BCUT2D eigenvalue weighted by atomic mass is 79.9. The zero-order valence-corrected chi connectivity index (χ0v) is 20.6. The lowest BCUT2D eigenvalue weighted by Gasteiger charge is -2.48. The lowest BCUT2D eigenvalue weighted by Crippen LogP contribution is -2.60. The van der Waals surface area contributed by atoms with Gasteiger partial charge >= 0.3 is 0 Å². The molecule has 5 nitrogen and oxygen atoms in total. The third kappa shape index (κ3) is 3.25. The zero-order chi connectivity index (χ0) is 23.4. The molecule has 1 aliphatic heterocycles. The zero-order valence-electron chi connectivity index (χ0n) is 19.0. The smallest absolute Gasteiger partial charge is 0.225 e. The summed E-state index contributed by atoms with van der Waals surface area (Å²) < 4.78 is 15.6. The molecule has 0 radical (unpaired) electrons. The second-order valence-electron chi connectivity index (χ2n) is 10.7. The van der Waals surface area contributed by atoms with Crippen LogP contribution >= 0.6 is 15.9 Å². The molecule has 4 N–H and O–H groups in total. The number of allylic oxidation sites excluding steroid dienone is 2. The Kier molecular flexibility index (Phi) is 5.72. The van der Waals surface area contributed by atoms with Crippen LogP contribution in [0.2, 0.25) is 0 Å². The van der Waals surface area contributed by atoms with Gasteiger partial charge in [0.25, 0.3) is 0 Å². The summed E-state index contributed by atoms with van der Waals surface area (Å²) in [4.78, 5) is 29.3. The average Bonchev–Trinajstić information content (AvgIpc) is 3.13. The molecule has 2 amide bonds. The molecule has 2 saturated carbocycles. The van der Waals surface area contributed by atoms with Crippen molar-refractivity contribution in [3.05, 3.63) is 46.2 Å². The highest BCUT2D eigenvalue weighted by molar-refractivity contribution is 9.10. The molecule has 178 valence electrons. The first-order valence-corrected chi connectivity index (χ1v) is 13.0. The molecule has 7 heteroatoms. The maximum Gasteiger partial charge on any atom is 0.225 e. The summed E-state index contributed by atoms with van der Waals surface area (Å²) in [5.74, 6) is -1.66. The minimum Gasteiger partial charge on any atom is -0.369 e. The van der Waals surface area contributed by atoms with Crippen LogP contribution in [0.4, 0.5) is 4.39 Å². The van der Waals surface area contributed by atoms with Crippen molar-refractivity contribution in [2.45, 2.75) is 51.4 Å². The van der Waals surface area contributed by atoms with Gasteiger partial charge < -0.3 is 16.4 Å². The number of rotatable bonds is 9. The minimum absolute atomic E-state index is 0.101. The van der Waals surface area contributed by atoms with Crippen LogP contribution in [0.5, 0.6) is 0 Å². The van der Waals surface area contributed by atoms with E-state index in [0.717, 1.165) is 45.3 Å². The van der Waals surface area contributed by atoms with Crippen LogP contribution in [-0.2, 0) is 16.0 Å². The maximum absolute atomic E-state index is 15.0. The molecule has 33 heavy (non-hydrogen) atoms. The van der Waals surface area contributed by atoms with Crippen molar-refractivity contribution in [1.82, 2.24) is 4.90 Å². The number of carbonyl (C=O) groups is 2. The van der Waals surface area contributed by atoms with Crippen LogP contribution in [-0.4, -0.2) is 36.3 Å². The fourth-order valence-electron chi connectivity index (χ4n) is 7.74. The van der Waals surface area contributed by atoms with Crippen LogP contribution in [0.25, 0.3) is 0 Å². The lowest BCUT2D eigenvalue weighted by molar-refractivity contribution is -0.151. The fourth-order valence-corrected chi connectivity index (χ4v) is 8.08. The molecule has 0 aromatic heterocycles. The first-order valence-electron chi connectivity index (χ1n) is 12.2. The van der Waals surface area contributed by atoms with Crippen LogP contribution in [0, 0.1) is 33.9 Å². The predicted molar refractivity (Wildman–Crippen MR) is 128 cm³/mol. The number of halogens is 2. The van der Waals surface area contributed by atoms with E-state index in [1.165, 1.54) is 18.9 Å². The van der Waals surface area contributed by atoms with Gasteiger partial charge in [-0.2, -0.15) is 0 Å². The average molecular weight is 518 g/mol. The molecule has 3 aliphatic carbocycles. The molecule has 1 aromatic rings. The summed E-state index contributed by atoms with van der Waals surface area (Å²) in [6.45, 7) is 3.26. The highest BCUT2D eigenvalue weighted by Crippen LogP contribution is 2.81. The fraction of sp³-hybridized carbons (Fsp3) is 0.615. The topological polar surface area (TPSA) is 89.4 Å². The Morgan fingerprint density at radius 1 is 1.03 bits per heavy atom. The van der Waals surface area contributed by atoms with Gasteiger partial charge in [0.05, 0.1) is 10.8 Å². The van der Waals surface area contributed by atoms with E-state index >= 15 is 0 Å². The van der Waals surface area contributed by atoms with Crippen molar-refractivity contribution in [2.24, 2.45) is 39.5 Å². The Balaban J connectivity index is 1.53. The largest absolute Gasteiger partial charge is 0.369 e. The van der Waals surface area contributed by atoms with Crippen LogP contribution in [0.15, 0.2) is 34.8 Å². The first-order chi connectivity index (χ1) is 15.8. The number of nitrogens with two attached hydrogens (primary N) is 2. The second-order valence-corrected chi connectivity index (χ2v) is 11.6. The molecule has 1 saturated heterocycles. The van der Waals surface area contributed by atoms with Gasteiger partial charge in [0, 0.05) is 4.47 Å². The Bertz CT molecular complexity index is 1000. The number of amides is 2. The van der Waals surface area contributed by atoms with Gasteiger partial charge in [-0.05, 0) is 99.5 Å². The van der Waals surface area contributed by atoms with E-state index in [2.05, 4.69) is 33.0 Å². The normalized spacial score (nSPS) is 33.8. The third-order valence-corrected chi connectivity index (χ3v) is 9.77. The summed E-state index contributed by atoms with van der Waals surface area (Å²) in [5.41, 5.74) is 10.4. The number of primary amides is 2. The number of hydrogen-bond donors (Lipinski definition) is 2. The summed E-state index contributed by atoms with van der Waals surface area (Å²) >= 11 is 3.31. The SMILES string of the molecule is NC(=O)[C@]1(CCCCN2CCCC2)[C@@H]2C=C[C@@H](C23CC3)[C@@]1(Cc1ccc(Br)cc1F)C(N)=O. The Morgan fingerprint density at radius 2 is 1.67 bits per heavy atom. The number of benzene rings is 1. The quantitative estimate of drug-likeness (QED) is 0.384. The van der Waals surface area contributed by atoms with E-state index in [9.17, 15) is 14.0 Å². The lowest BCUT2D eigenvalue weighted by atomic mass is 9.53. The van der Waals surface area contributed by atoms with Crippen LogP contribution < -0.4 is 11.5 Å². The summed E-state index contributed by atoms with van der Waals surface area (Å²) in [5, 5.41) is 0. The Labute approximate surface area is 203 Å². The van der Waals surface area contributed by atoms with Crippen LogP contribution in [0.1, 0.15) is 50.5 Å². The Morgan fingerprint density at radius 3 is 2.24 bits per heavy atom. The molecule has 0 unspecified atom stereocenters. The van der Waals surface area contributed by atoms with Gasteiger partial charge in [-0.3, -0.25) is 9.59 Å². The van der Waals surface area contributed by atoms with E-state index in [4.69, 9.17) is 11.5 Å². The summed E-state index contributed by atoms with van der Waals surface area (Å²) in [6, 6.07) is 4.87. The van der Waals surface area contributed by atoms with Gasteiger partial charge in [-0.15, -0.1) is 0 Å². The molecule has 3 fully saturated rings. The van der Waals surface area contributed by atoms with Crippen LogP contribution in [0.3, 0.4) is 0 Å². The first kappa shape index (κ1) is 23.0. The molecule has 4 aliphatic rings. The molecule has 1 heterocycles. The van der Waals surface area contributed by atoms with E-state index < -0.39 is 28.5 Å². The second kappa shape index (κ2) is 8.19. The standard InChI is InChI=1S/C26H33BrFN3O2/c27-18-6-5-17(19(28)15-18)16-26(23(30)33)21-8-7-20(24(21)10-11-24)25(26,22(29)32)9-1-2-12-31-13-3-4-14-31/h5-8,15,20-21H,1-4,9-14,16H2,(H2,29,32)(H2,30,33)/t20-,21+,25+,26+/m1/s1. The summed E-state index contributed by atoms with van der Waals surface area (Å²) in [7, 11) is 0. The van der Waals surface area contributed by atoms with Gasteiger partial charge in [0.2, 0.25) is 11.8 Å². The van der Waals surface area contributed by atoms with Crippen molar-refractivity contribution in [3.8, 4) is 0 Å². The number of carbonyl (C=O) groups excluding carboxylic acids is 2. The molecule has 5 rings (SSSR count). The molecule has 4 atom stereocenters. The molecule has 1 aromatic carbocycles. The number of nitrogens with zero attached hydrogens (tertiary/aromatic N) is 1. The van der Waals surface area contributed by atoms with Gasteiger partial charge in [0.1, 0.15) is 5.82 Å². The Hall–Kier alpha value is -1.73. The molecule has 2 bridgehead atoms. The number of likely N-dealkylation sites (tertiary alicyclic amines) is 1. The highest BCUT2D eigenvalue weighted by Gasteiger charge is 2.81. The number of unbranched alkanes of at least 4 members (excludes halogenated alkanes) is 1. The predicted octanol–water partition coefficient (Wildman–Crippen LogP) is 3.94. The van der Waals surface area contributed by atoms with E-state index in [0.29, 0.717) is 16.5 Å². The molecular formula is C26H33BrFN3O2. The minimum atomic E-state index is -1.21. The molecular weight excluding hydrogens is 485 g/mol. The third-order valence-electron chi connectivity index (χ3n) is 9.28. The van der Waals surface area contributed by atoms with Crippen molar-refractivity contribution in [3.63, 3.8) is 0 Å².